The van der Waals surface area contributed by atoms with Crippen molar-refractivity contribution in [2.45, 2.75) is 13.3 Å². The zero-order chi connectivity index (χ0) is 8.69. The second kappa shape index (κ2) is 5.85. The molecule has 0 fully saturated rings. The van der Waals surface area contributed by atoms with Crippen molar-refractivity contribution in [1.82, 2.24) is 5.32 Å². The van der Waals surface area contributed by atoms with Crippen molar-refractivity contribution in [3.05, 3.63) is 0 Å². The summed E-state index contributed by atoms with van der Waals surface area (Å²) in [6.07, 6.45) is 0.452. The van der Waals surface area contributed by atoms with Crippen LogP contribution in [0.1, 0.15) is 13.3 Å². The average Bonchev–Trinajstić information content (AvgIpc) is 2.04. The second-order valence-corrected chi connectivity index (χ2v) is 2.06. The zero-order valence-electron chi connectivity index (χ0n) is 6.85. The van der Waals surface area contributed by atoms with E-state index in [1.54, 1.807) is 6.92 Å². The standard InChI is InChI=1S/C7H13NO3/c1-3-6(9)4-11-5-7(10)8-2/h3-5H2,1-2H3,(H,8,10). The highest BCUT2D eigenvalue weighted by Crippen LogP contribution is 1.82. The number of nitrogens with one attached hydrogen (secondary N) is 1. The molecule has 4 nitrogen and oxygen atoms in total. The zero-order valence-corrected chi connectivity index (χ0v) is 6.85. The molecule has 1 amide bonds. The van der Waals surface area contributed by atoms with Gasteiger partial charge in [-0.15, -0.1) is 0 Å². The SMILES string of the molecule is CCC(=O)COCC(=O)NC. The number of Topliss-reactive ketones (excluding diaryl/α,β-unsaturated/α-hetero) is 1. The van der Waals surface area contributed by atoms with Gasteiger partial charge < -0.3 is 10.1 Å². The van der Waals surface area contributed by atoms with Gasteiger partial charge in [-0.25, -0.2) is 0 Å². The van der Waals surface area contributed by atoms with E-state index in [4.69, 9.17) is 4.74 Å². The van der Waals surface area contributed by atoms with E-state index < -0.39 is 0 Å². The number of hydrogen-bond acceptors (Lipinski definition) is 3. The predicted octanol–water partition coefficient (Wildman–Crippen LogP) is -0.272. The fourth-order valence-electron chi connectivity index (χ4n) is 0.432. The quantitative estimate of drug-likeness (QED) is 0.600. The lowest BCUT2D eigenvalue weighted by atomic mass is 10.3. The Hall–Kier alpha value is -0.900. The summed E-state index contributed by atoms with van der Waals surface area (Å²) in [5.74, 6) is -0.206. The summed E-state index contributed by atoms with van der Waals surface area (Å²) in [6, 6.07) is 0. The van der Waals surface area contributed by atoms with E-state index in [1.807, 2.05) is 0 Å². The van der Waals surface area contributed by atoms with Crippen LogP contribution in [0.3, 0.4) is 0 Å². The highest BCUT2D eigenvalue weighted by atomic mass is 16.5. The van der Waals surface area contributed by atoms with E-state index >= 15 is 0 Å². The Morgan fingerprint density at radius 3 is 2.45 bits per heavy atom. The molecule has 0 radical (unpaired) electrons. The summed E-state index contributed by atoms with van der Waals surface area (Å²) < 4.78 is 4.78. The third-order valence-electron chi connectivity index (χ3n) is 1.17. The third kappa shape index (κ3) is 5.54. The van der Waals surface area contributed by atoms with E-state index in [2.05, 4.69) is 5.32 Å². The number of carbonyl (C=O) groups excluding carboxylic acids is 2. The minimum absolute atomic E-state index is 0.00824. The Balaban J connectivity index is 3.27. The van der Waals surface area contributed by atoms with Crippen LogP contribution < -0.4 is 5.32 Å². The molecule has 0 aromatic carbocycles. The molecule has 0 spiro atoms. The summed E-state index contributed by atoms with van der Waals surface area (Å²) in [7, 11) is 1.52. The van der Waals surface area contributed by atoms with Gasteiger partial charge in [-0.05, 0) is 0 Å². The first-order chi connectivity index (χ1) is 5.20. The van der Waals surface area contributed by atoms with E-state index in [0.29, 0.717) is 6.42 Å². The Morgan fingerprint density at radius 2 is 2.00 bits per heavy atom. The summed E-state index contributed by atoms with van der Waals surface area (Å²) in [6.45, 7) is 1.75. The number of ketones is 1. The molecule has 1 N–H and O–H groups in total. The van der Waals surface area contributed by atoms with Gasteiger partial charge in [0.15, 0.2) is 5.78 Å². The van der Waals surface area contributed by atoms with Gasteiger partial charge in [0.1, 0.15) is 13.2 Å². The first kappa shape index (κ1) is 10.1. The number of hydrogen-bond donors (Lipinski definition) is 1. The molecule has 64 valence electrons. The van der Waals surface area contributed by atoms with E-state index in [-0.39, 0.29) is 24.9 Å². The lowest BCUT2D eigenvalue weighted by molar-refractivity contribution is -0.129. The van der Waals surface area contributed by atoms with Crippen LogP contribution in [-0.4, -0.2) is 32.0 Å². The van der Waals surface area contributed by atoms with Crippen molar-refractivity contribution in [2.75, 3.05) is 20.3 Å². The van der Waals surface area contributed by atoms with Gasteiger partial charge in [0, 0.05) is 13.5 Å². The van der Waals surface area contributed by atoms with Crippen LogP contribution in [0.15, 0.2) is 0 Å². The number of rotatable bonds is 5. The first-order valence-corrected chi connectivity index (χ1v) is 3.50. The number of likely N-dealkylation sites (N-methyl/N-ethyl adjacent to an activating group) is 1. The van der Waals surface area contributed by atoms with Crippen LogP contribution in [-0.2, 0) is 14.3 Å². The smallest absolute Gasteiger partial charge is 0.245 e. The Kier molecular flexibility index (Phi) is 5.37. The van der Waals surface area contributed by atoms with Crippen molar-refractivity contribution in [2.24, 2.45) is 0 Å². The van der Waals surface area contributed by atoms with Gasteiger partial charge in [0.2, 0.25) is 5.91 Å². The molecule has 0 atom stereocenters. The average molecular weight is 159 g/mol. The summed E-state index contributed by atoms with van der Waals surface area (Å²) >= 11 is 0. The monoisotopic (exact) mass is 159 g/mol. The molecule has 0 unspecified atom stereocenters. The predicted molar refractivity (Wildman–Crippen MR) is 40.2 cm³/mol. The molecule has 0 saturated heterocycles. The van der Waals surface area contributed by atoms with Crippen molar-refractivity contribution in [1.29, 1.82) is 0 Å². The summed E-state index contributed by atoms with van der Waals surface area (Å²) in [4.78, 5) is 21.2. The van der Waals surface area contributed by atoms with Crippen molar-refractivity contribution < 1.29 is 14.3 Å². The molecule has 0 rings (SSSR count). The van der Waals surface area contributed by atoms with Crippen LogP contribution in [0.5, 0.6) is 0 Å². The number of ether oxygens (including phenoxy) is 1. The minimum atomic E-state index is -0.214. The molecule has 11 heavy (non-hydrogen) atoms. The van der Waals surface area contributed by atoms with Crippen LogP contribution in [0.25, 0.3) is 0 Å². The van der Waals surface area contributed by atoms with Crippen LogP contribution >= 0.6 is 0 Å². The second-order valence-electron chi connectivity index (χ2n) is 2.06. The molecular weight excluding hydrogens is 146 g/mol. The highest BCUT2D eigenvalue weighted by molar-refractivity contribution is 5.80. The normalized spacial score (nSPS) is 9.27. The Labute approximate surface area is 65.9 Å². The lowest BCUT2D eigenvalue weighted by Crippen LogP contribution is -2.24. The van der Waals surface area contributed by atoms with Crippen LogP contribution in [0, 0.1) is 0 Å². The fraction of sp³-hybridized carbons (Fsp3) is 0.714. The molecule has 0 aliphatic rings. The van der Waals surface area contributed by atoms with Gasteiger partial charge >= 0.3 is 0 Å². The topological polar surface area (TPSA) is 55.4 Å². The molecule has 0 aromatic rings. The lowest BCUT2D eigenvalue weighted by Gasteiger charge is -2.00. The first-order valence-electron chi connectivity index (χ1n) is 3.50. The van der Waals surface area contributed by atoms with Gasteiger partial charge in [-0.2, -0.15) is 0 Å². The summed E-state index contributed by atoms with van der Waals surface area (Å²) in [5.41, 5.74) is 0. The summed E-state index contributed by atoms with van der Waals surface area (Å²) in [5, 5.41) is 2.38. The van der Waals surface area contributed by atoms with E-state index in [0.717, 1.165) is 0 Å². The third-order valence-corrected chi connectivity index (χ3v) is 1.17. The van der Waals surface area contributed by atoms with E-state index in [1.165, 1.54) is 7.05 Å². The molecule has 0 saturated carbocycles. The molecule has 0 heterocycles. The minimum Gasteiger partial charge on any atom is -0.364 e. The van der Waals surface area contributed by atoms with Crippen LogP contribution in [0.2, 0.25) is 0 Å². The largest absolute Gasteiger partial charge is 0.364 e. The van der Waals surface area contributed by atoms with Gasteiger partial charge in [-0.1, -0.05) is 6.92 Å². The molecule has 0 aliphatic carbocycles. The van der Waals surface area contributed by atoms with Crippen molar-refractivity contribution in [3.63, 3.8) is 0 Å². The van der Waals surface area contributed by atoms with Crippen molar-refractivity contribution in [3.8, 4) is 0 Å². The van der Waals surface area contributed by atoms with Crippen LogP contribution in [0.4, 0.5) is 0 Å². The van der Waals surface area contributed by atoms with Gasteiger partial charge in [0.05, 0.1) is 0 Å². The van der Waals surface area contributed by atoms with E-state index in [9.17, 15) is 9.59 Å². The van der Waals surface area contributed by atoms with Gasteiger partial charge in [0.25, 0.3) is 0 Å². The maximum Gasteiger partial charge on any atom is 0.245 e. The molecule has 4 heteroatoms. The maximum atomic E-state index is 10.6. The molecule has 0 aliphatic heterocycles. The maximum absolute atomic E-state index is 10.6. The Bertz CT molecular complexity index is 129. The number of carbonyl (C=O) groups is 2. The van der Waals surface area contributed by atoms with Crippen molar-refractivity contribution >= 4 is 11.7 Å². The molecular formula is C7H13NO3. The number of amides is 1. The highest BCUT2D eigenvalue weighted by Gasteiger charge is 2.00. The molecule has 0 bridgehead atoms. The molecule has 0 aromatic heterocycles. The van der Waals surface area contributed by atoms with Gasteiger partial charge in [-0.3, -0.25) is 9.59 Å². The fourth-order valence-corrected chi connectivity index (χ4v) is 0.432. The Morgan fingerprint density at radius 1 is 1.36 bits per heavy atom.